The molecule has 20 heavy (non-hydrogen) atoms. The van der Waals surface area contributed by atoms with Crippen molar-refractivity contribution in [3.8, 4) is 0 Å². The van der Waals surface area contributed by atoms with Gasteiger partial charge in [0.1, 0.15) is 10.7 Å². The summed E-state index contributed by atoms with van der Waals surface area (Å²) in [6.45, 7) is 0.554. The highest BCUT2D eigenvalue weighted by molar-refractivity contribution is 9.10. The fraction of sp³-hybridized carbons (Fsp3) is 0.455. The first-order valence-corrected chi connectivity index (χ1v) is 8.33. The Morgan fingerprint density at radius 2 is 2.10 bits per heavy atom. The van der Waals surface area contributed by atoms with Gasteiger partial charge in [-0.3, -0.25) is 0 Å². The fourth-order valence-corrected chi connectivity index (χ4v) is 4.18. The van der Waals surface area contributed by atoms with Crippen LogP contribution >= 0.6 is 39.9 Å². The maximum absolute atomic E-state index is 13.9. The van der Waals surface area contributed by atoms with Gasteiger partial charge in [-0.25, -0.2) is 12.8 Å². The van der Waals surface area contributed by atoms with E-state index in [0.29, 0.717) is 17.4 Å². The molecule has 0 aromatic heterocycles. The van der Waals surface area contributed by atoms with Gasteiger partial charge in [-0.15, -0.1) is 12.4 Å². The standard InChI is InChI=1S/C11H13BrClFN2O2S.ClH/c12-8-4-10(14)11(5-9(8)13)19(17,18)16-3-1-2-7(15)6-16;/h4-5,7H,1-3,6,15H2;1H. The molecule has 0 bridgehead atoms. The minimum atomic E-state index is -3.89. The normalized spacial score (nSPS) is 20.5. The molecule has 1 aliphatic rings. The van der Waals surface area contributed by atoms with Crippen LogP contribution in [0.3, 0.4) is 0 Å². The van der Waals surface area contributed by atoms with Crippen molar-refractivity contribution in [1.29, 1.82) is 0 Å². The van der Waals surface area contributed by atoms with Gasteiger partial charge in [0.15, 0.2) is 0 Å². The fourth-order valence-electron chi connectivity index (χ4n) is 2.03. The van der Waals surface area contributed by atoms with Crippen LogP contribution in [0.5, 0.6) is 0 Å². The molecule has 1 aromatic carbocycles. The van der Waals surface area contributed by atoms with Crippen molar-refractivity contribution in [2.24, 2.45) is 5.73 Å². The highest BCUT2D eigenvalue weighted by Gasteiger charge is 2.31. The van der Waals surface area contributed by atoms with Gasteiger partial charge >= 0.3 is 0 Å². The molecule has 2 rings (SSSR count). The third kappa shape index (κ3) is 3.64. The predicted octanol–water partition coefficient (Wildman–Crippen LogP) is 2.78. The Bertz CT molecular complexity index is 600. The van der Waals surface area contributed by atoms with Gasteiger partial charge in [0.25, 0.3) is 0 Å². The molecule has 4 nitrogen and oxygen atoms in total. The zero-order valence-corrected chi connectivity index (χ0v) is 14.3. The van der Waals surface area contributed by atoms with Gasteiger partial charge in [-0.05, 0) is 40.9 Å². The third-order valence-electron chi connectivity index (χ3n) is 3.01. The van der Waals surface area contributed by atoms with Crippen molar-refractivity contribution in [3.05, 3.63) is 27.4 Å². The molecule has 1 aliphatic heterocycles. The summed E-state index contributed by atoms with van der Waals surface area (Å²) in [5, 5.41) is 0.154. The average Bonchev–Trinajstić information content (AvgIpc) is 2.33. The summed E-state index contributed by atoms with van der Waals surface area (Å²) in [7, 11) is -3.89. The average molecular weight is 408 g/mol. The van der Waals surface area contributed by atoms with Crippen molar-refractivity contribution >= 4 is 50.0 Å². The molecular formula is C11H14BrCl2FN2O2S. The van der Waals surface area contributed by atoms with Gasteiger partial charge in [0.2, 0.25) is 10.0 Å². The first-order valence-electron chi connectivity index (χ1n) is 5.72. The molecule has 0 aliphatic carbocycles. The molecule has 9 heteroatoms. The molecule has 0 amide bonds. The van der Waals surface area contributed by atoms with E-state index in [-0.39, 0.29) is 30.0 Å². The minimum absolute atomic E-state index is 0. The van der Waals surface area contributed by atoms with Gasteiger partial charge in [0.05, 0.1) is 5.02 Å². The number of hydrogen-bond acceptors (Lipinski definition) is 3. The van der Waals surface area contributed by atoms with E-state index in [4.69, 9.17) is 17.3 Å². The number of rotatable bonds is 2. The van der Waals surface area contributed by atoms with Gasteiger partial charge in [-0.1, -0.05) is 11.6 Å². The quantitative estimate of drug-likeness (QED) is 0.766. The smallest absolute Gasteiger partial charge is 0.246 e. The largest absolute Gasteiger partial charge is 0.327 e. The Balaban J connectivity index is 0.00000200. The monoisotopic (exact) mass is 406 g/mol. The lowest BCUT2D eigenvalue weighted by Gasteiger charge is -2.30. The lowest BCUT2D eigenvalue weighted by atomic mass is 10.1. The third-order valence-corrected chi connectivity index (χ3v) is 6.09. The van der Waals surface area contributed by atoms with Crippen LogP contribution < -0.4 is 5.73 Å². The Hall–Kier alpha value is 0.0800. The first-order chi connectivity index (χ1) is 8.82. The maximum atomic E-state index is 13.9. The van der Waals surface area contributed by atoms with Crippen molar-refractivity contribution in [2.75, 3.05) is 13.1 Å². The molecule has 0 spiro atoms. The van der Waals surface area contributed by atoms with E-state index < -0.39 is 20.7 Å². The predicted molar refractivity (Wildman–Crippen MR) is 82.3 cm³/mol. The van der Waals surface area contributed by atoms with Crippen molar-refractivity contribution < 1.29 is 12.8 Å². The lowest BCUT2D eigenvalue weighted by Crippen LogP contribution is -2.45. The minimum Gasteiger partial charge on any atom is -0.327 e. The van der Waals surface area contributed by atoms with Crippen LogP contribution in [0.25, 0.3) is 0 Å². The van der Waals surface area contributed by atoms with Crippen molar-refractivity contribution in [3.63, 3.8) is 0 Å². The molecule has 1 unspecified atom stereocenters. The highest BCUT2D eigenvalue weighted by Crippen LogP contribution is 2.30. The van der Waals surface area contributed by atoms with E-state index in [0.717, 1.165) is 18.6 Å². The van der Waals surface area contributed by atoms with Gasteiger partial charge in [0, 0.05) is 23.6 Å². The van der Waals surface area contributed by atoms with Crippen LogP contribution in [0.15, 0.2) is 21.5 Å². The van der Waals surface area contributed by atoms with Crippen LogP contribution in [0.1, 0.15) is 12.8 Å². The molecule has 1 saturated heterocycles. The van der Waals surface area contributed by atoms with Crippen LogP contribution in [-0.2, 0) is 10.0 Å². The second-order valence-electron chi connectivity index (χ2n) is 4.46. The van der Waals surface area contributed by atoms with Gasteiger partial charge in [-0.2, -0.15) is 4.31 Å². The van der Waals surface area contributed by atoms with Gasteiger partial charge < -0.3 is 5.73 Å². The highest BCUT2D eigenvalue weighted by atomic mass is 79.9. The second-order valence-corrected chi connectivity index (χ2v) is 7.63. The van der Waals surface area contributed by atoms with Crippen LogP contribution in [0, 0.1) is 5.82 Å². The number of benzene rings is 1. The zero-order chi connectivity index (χ0) is 14.2. The Morgan fingerprint density at radius 3 is 2.70 bits per heavy atom. The number of hydrogen-bond donors (Lipinski definition) is 1. The molecule has 0 saturated carbocycles. The lowest BCUT2D eigenvalue weighted by molar-refractivity contribution is 0.315. The number of nitrogens with zero attached hydrogens (tertiary/aromatic N) is 1. The van der Waals surface area contributed by atoms with E-state index in [1.807, 2.05) is 0 Å². The summed E-state index contributed by atoms with van der Waals surface area (Å²) < 4.78 is 40.1. The van der Waals surface area contributed by atoms with E-state index in [1.54, 1.807) is 0 Å². The van der Waals surface area contributed by atoms with E-state index in [9.17, 15) is 12.8 Å². The van der Waals surface area contributed by atoms with Crippen LogP contribution in [0.4, 0.5) is 4.39 Å². The Kier molecular flexibility index (Phi) is 6.25. The summed E-state index contributed by atoms with van der Waals surface area (Å²) in [5.74, 6) is -0.824. The first kappa shape index (κ1) is 18.1. The molecule has 1 fully saturated rings. The summed E-state index contributed by atoms with van der Waals surface area (Å²) in [6, 6.07) is 1.97. The summed E-state index contributed by atoms with van der Waals surface area (Å²) in [6.07, 6.45) is 1.45. The molecule has 1 heterocycles. The van der Waals surface area contributed by atoms with E-state index >= 15 is 0 Å². The molecule has 114 valence electrons. The molecule has 1 atom stereocenters. The maximum Gasteiger partial charge on any atom is 0.246 e. The van der Waals surface area contributed by atoms with Crippen LogP contribution in [-0.4, -0.2) is 31.9 Å². The topological polar surface area (TPSA) is 63.4 Å². The molecular weight excluding hydrogens is 394 g/mol. The van der Waals surface area contributed by atoms with Crippen molar-refractivity contribution in [2.45, 2.75) is 23.8 Å². The van der Waals surface area contributed by atoms with Crippen molar-refractivity contribution in [1.82, 2.24) is 4.31 Å². The summed E-state index contributed by atoms with van der Waals surface area (Å²) in [4.78, 5) is -0.408. The number of nitrogens with two attached hydrogens (primary N) is 1. The number of halogens is 4. The zero-order valence-electron chi connectivity index (χ0n) is 10.4. The molecule has 0 radical (unpaired) electrons. The number of sulfonamides is 1. The Morgan fingerprint density at radius 1 is 1.45 bits per heavy atom. The summed E-state index contributed by atoms with van der Waals surface area (Å²) >= 11 is 8.89. The Labute approximate surface area is 137 Å². The SMILES string of the molecule is Cl.NC1CCCN(S(=O)(=O)c2cc(Cl)c(Br)cc2F)C1. The molecule has 1 aromatic rings. The van der Waals surface area contributed by atoms with Crippen LogP contribution in [0.2, 0.25) is 5.02 Å². The molecule has 2 N–H and O–H groups in total. The van der Waals surface area contributed by atoms with E-state index in [2.05, 4.69) is 15.9 Å². The number of piperidine rings is 1. The second kappa shape index (κ2) is 6.89. The summed E-state index contributed by atoms with van der Waals surface area (Å²) in [5.41, 5.74) is 5.76. The van der Waals surface area contributed by atoms with E-state index in [1.165, 1.54) is 4.31 Å².